The summed E-state index contributed by atoms with van der Waals surface area (Å²) >= 11 is 0. The number of nitrogens with two attached hydrogens (primary N) is 1. The van der Waals surface area contributed by atoms with Crippen molar-refractivity contribution in [3.63, 3.8) is 0 Å². The van der Waals surface area contributed by atoms with Gasteiger partial charge in [-0.2, -0.15) is 0 Å². The molecule has 0 aliphatic heterocycles. The Morgan fingerprint density at radius 2 is 2.27 bits per heavy atom. The number of anilines is 1. The molecule has 0 amide bonds. The lowest BCUT2D eigenvalue weighted by Gasteiger charge is -2.00. The number of nitrogens with zero attached hydrogens (tertiary/aromatic N) is 1. The number of carbonyl (C=O) groups is 1. The van der Waals surface area contributed by atoms with E-state index in [1.54, 1.807) is 12.3 Å². The van der Waals surface area contributed by atoms with Crippen molar-refractivity contribution in [3.8, 4) is 0 Å². The van der Waals surface area contributed by atoms with E-state index in [9.17, 15) is 4.79 Å². The normalized spacial score (nSPS) is 9.64. The Balaban J connectivity index is 3.23. The van der Waals surface area contributed by atoms with Crippen LogP contribution in [0.3, 0.4) is 0 Å². The number of hydrogen-bond acceptors (Lipinski definition) is 3. The van der Waals surface area contributed by atoms with Crippen LogP contribution in [0.25, 0.3) is 0 Å². The molecule has 1 heterocycles. The molecular weight excluding hydrogens is 140 g/mol. The first kappa shape index (κ1) is 7.72. The van der Waals surface area contributed by atoms with Crippen LogP contribution in [0.1, 0.15) is 22.8 Å². The Bertz CT molecular complexity index is 294. The average molecular weight is 150 g/mol. The number of ketones is 1. The van der Waals surface area contributed by atoms with Crippen molar-refractivity contribution in [3.05, 3.63) is 23.4 Å². The minimum absolute atomic E-state index is 0.0429. The smallest absolute Gasteiger partial charge is 0.163 e. The lowest BCUT2D eigenvalue weighted by Crippen LogP contribution is -2.02. The van der Waals surface area contributed by atoms with Crippen LogP contribution in [0.5, 0.6) is 0 Å². The fourth-order valence-electron chi connectivity index (χ4n) is 0.862. The van der Waals surface area contributed by atoms with Crippen molar-refractivity contribution in [2.45, 2.75) is 13.8 Å². The zero-order chi connectivity index (χ0) is 8.43. The first-order valence-electron chi connectivity index (χ1n) is 3.34. The molecule has 0 atom stereocenters. The highest BCUT2D eigenvalue weighted by atomic mass is 16.1. The Labute approximate surface area is 65.2 Å². The maximum absolute atomic E-state index is 10.9. The van der Waals surface area contributed by atoms with Gasteiger partial charge in [-0.3, -0.25) is 4.79 Å². The van der Waals surface area contributed by atoms with Crippen LogP contribution in [0.4, 0.5) is 5.82 Å². The second-order valence-electron chi connectivity index (χ2n) is 2.50. The van der Waals surface area contributed by atoms with E-state index >= 15 is 0 Å². The molecule has 0 aliphatic rings. The largest absolute Gasteiger partial charge is 0.383 e. The summed E-state index contributed by atoms with van der Waals surface area (Å²) in [6.45, 7) is 3.35. The number of carbonyl (C=O) groups excluding carboxylic acids is 1. The Morgan fingerprint density at radius 3 is 2.73 bits per heavy atom. The minimum atomic E-state index is -0.0429. The van der Waals surface area contributed by atoms with Crippen LogP contribution in [0, 0.1) is 6.92 Å². The molecule has 11 heavy (non-hydrogen) atoms. The molecule has 0 fully saturated rings. The van der Waals surface area contributed by atoms with Gasteiger partial charge in [0.05, 0.1) is 5.56 Å². The summed E-state index contributed by atoms with van der Waals surface area (Å²) in [5.74, 6) is 0.266. The number of pyridine rings is 1. The number of hydrogen-bond donors (Lipinski definition) is 1. The van der Waals surface area contributed by atoms with Gasteiger partial charge in [0.2, 0.25) is 0 Å². The summed E-state index contributed by atoms with van der Waals surface area (Å²) in [4.78, 5) is 14.8. The molecule has 0 bridgehead atoms. The molecule has 0 saturated carbocycles. The summed E-state index contributed by atoms with van der Waals surface area (Å²) < 4.78 is 0. The van der Waals surface area contributed by atoms with E-state index < -0.39 is 0 Å². The molecule has 0 aromatic carbocycles. The Morgan fingerprint density at radius 1 is 1.64 bits per heavy atom. The van der Waals surface area contributed by atoms with E-state index in [4.69, 9.17) is 5.73 Å². The van der Waals surface area contributed by atoms with Gasteiger partial charge < -0.3 is 5.73 Å². The lowest BCUT2D eigenvalue weighted by atomic mass is 10.1. The third-order valence-electron chi connectivity index (χ3n) is 1.43. The first-order chi connectivity index (χ1) is 5.11. The van der Waals surface area contributed by atoms with Gasteiger partial charge in [0.1, 0.15) is 5.82 Å². The van der Waals surface area contributed by atoms with E-state index in [1.165, 1.54) is 6.92 Å². The fraction of sp³-hybridized carbons (Fsp3) is 0.250. The van der Waals surface area contributed by atoms with Gasteiger partial charge in [0.15, 0.2) is 5.78 Å². The molecule has 1 aromatic rings. The van der Waals surface area contributed by atoms with Gasteiger partial charge >= 0.3 is 0 Å². The summed E-state index contributed by atoms with van der Waals surface area (Å²) in [5.41, 5.74) is 6.91. The number of nitrogen functional groups attached to an aromatic ring is 1. The second kappa shape index (κ2) is 2.70. The van der Waals surface area contributed by atoms with Gasteiger partial charge in [-0.15, -0.1) is 0 Å². The fourth-order valence-corrected chi connectivity index (χ4v) is 0.862. The third kappa shape index (κ3) is 1.55. The van der Waals surface area contributed by atoms with Gasteiger partial charge in [-0.1, -0.05) is 0 Å². The summed E-state index contributed by atoms with van der Waals surface area (Å²) in [5, 5.41) is 0. The number of aromatic nitrogens is 1. The summed E-state index contributed by atoms with van der Waals surface area (Å²) in [6, 6.07) is 1.74. The van der Waals surface area contributed by atoms with E-state index in [2.05, 4.69) is 4.98 Å². The maximum atomic E-state index is 10.9. The van der Waals surface area contributed by atoms with Crippen molar-refractivity contribution in [2.24, 2.45) is 0 Å². The van der Waals surface area contributed by atoms with Gasteiger partial charge in [0, 0.05) is 6.20 Å². The third-order valence-corrected chi connectivity index (χ3v) is 1.43. The van der Waals surface area contributed by atoms with Crippen molar-refractivity contribution in [1.82, 2.24) is 4.98 Å². The number of Topliss-reactive ketones (excluding diaryl/α,β-unsaturated/α-hetero) is 1. The molecule has 0 aliphatic carbocycles. The molecule has 0 spiro atoms. The number of aryl methyl sites for hydroxylation is 1. The highest BCUT2D eigenvalue weighted by molar-refractivity contribution is 5.98. The van der Waals surface area contributed by atoms with Gasteiger partial charge in [-0.25, -0.2) is 4.98 Å². The molecule has 0 saturated heterocycles. The second-order valence-corrected chi connectivity index (χ2v) is 2.50. The first-order valence-corrected chi connectivity index (χ1v) is 3.34. The van der Waals surface area contributed by atoms with Crippen LogP contribution in [0.2, 0.25) is 0 Å². The molecule has 0 unspecified atom stereocenters. The van der Waals surface area contributed by atoms with Crippen molar-refractivity contribution in [2.75, 3.05) is 5.73 Å². The minimum Gasteiger partial charge on any atom is -0.383 e. The topological polar surface area (TPSA) is 56.0 Å². The van der Waals surface area contributed by atoms with E-state index in [0.29, 0.717) is 11.4 Å². The van der Waals surface area contributed by atoms with Crippen LogP contribution in [-0.2, 0) is 0 Å². The molecule has 3 heteroatoms. The standard InChI is InChI=1S/C8H10N2O/c1-5-3-7(6(2)11)8(9)10-4-5/h3-4H,1-2H3,(H2,9,10). The number of rotatable bonds is 1. The van der Waals surface area contributed by atoms with Crippen LogP contribution >= 0.6 is 0 Å². The molecule has 1 aromatic heterocycles. The zero-order valence-corrected chi connectivity index (χ0v) is 6.59. The Kier molecular flexibility index (Phi) is 1.89. The van der Waals surface area contributed by atoms with Crippen molar-refractivity contribution >= 4 is 11.6 Å². The van der Waals surface area contributed by atoms with Crippen LogP contribution < -0.4 is 5.73 Å². The van der Waals surface area contributed by atoms with Crippen molar-refractivity contribution in [1.29, 1.82) is 0 Å². The highest BCUT2D eigenvalue weighted by Crippen LogP contribution is 2.10. The monoisotopic (exact) mass is 150 g/mol. The molecule has 0 radical (unpaired) electrons. The highest BCUT2D eigenvalue weighted by Gasteiger charge is 2.04. The van der Waals surface area contributed by atoms with E-state index in [-0.39, 0.29) is 5.78 Å². The van der Waals surface area contributed by atoms with E-state index in [0.717, 1.165) is 5.56 Å². The summed E-state index contributed by atoms with van der Waals surface area (Å²) in [6.07, 6.45) is 1.64. The van der Waals surface area contributed by atoms with Gasteiger partial charge in [0.25, 0.3) is 0 Å². The quantitative estimate of drug-likeness (QED) is 0.611. The van der Waals surface area contributed by atoms with Crippen LogP contribution in [-0.4, -0.2) is 10.8 Å². The zero-order valence-electron chi connectivity index (χ0n) is 6.59. The lowest BCUT2D eigenvalue weighted by molar-refractivity contribution is 0.101. The molecule has 58 valence electrons. The predicted molar refractivity (Wildman–Crippen MR) is 43.4 cm³/mol. The molecule has 3 nitrogen and oxygen atoms in total. The van der Waals surface area contributed by atoms with Crippen LogP contribution in [0.15, 0.2) is 12.3 Å². The SMILES string of the molecule is CC(=O)c1cc(C)cnc1N. The summed E-state index contributed by atoms with van der Waals surface area (Å²) in [7, 11) is 0. The van der Waals surface area contributed by atoms with Crippen molar-refractivity contribution < 1.29 is 4.79 Å². The predicted octanol–water partition coefficient (Wildman–Crippen LogP) is 1.17. The molecular formula is C8H10N2O. The van der Waals surface area contributed by atoms with Gasteiger partial charge in [-0.05, 0) is 25.5 Å². The van der Waals surface area contributed by atoms with E-state index in [1.807, 2.05) is 6.92 Å². The molecule has 2 N–H and O–H groups in total. The Hall–Kier alpha value is -1.38. The maximum Gasteiger partial charge on any atom is 0.163 e. The molecule has 1 rings (SSSR count). The average Bonchev–Trinajstić information content (AvgIpc) is 1.94.